The Morgan fingerprint density at radius 2 is 1.92 bits per heavy atom. The highest BCUT2D eigenvalue weighted by Gasteiger charge is 2.41. The fraction of sp³-hybridized carbons (Fsp3) is 0.111. The largest absolute Gasteiger partial charge is 0.351 e. The zero-order valence-corrected chi connectivity index (χ0v) is 16.9. The van der Waals surface area contributed by atoms with Crippen LogP contribution in [0.1, 0.15) is 22.7 Å². The highest BCUT2D eigenvalue weighted by atomic mass is 79.9. The maximum Gasteiger partial charge on any atom is 0.174 e. The Morgan fingerprint density at radius 1 is 1.12 bits per heavy atom. The van der Waals surface area contributed by atoms with Gasteiger partial charge in [-0.1, -0.05) is 33.6 Å². The Hall–Kier alpha value is -1.47. The molecule has 1 aliphatic rings. The summed E-state index contributed by atoms with van der Waals surface area (Å²) >= 11 is 16.9. The number of thiophene rings is 1. The zero-order valence-electron chi connectivity index (χ0n) is 12.9. The third-order valence-electron chi connectivity index (χ3n) is 4.09. The van der Waals surface area contributed by atoms with E-state index < -0.39 is 0 Å². The normalized spacial score (nSPS) is 19.9. The number of hydrogen-bond donors (Lipinski definition) is 1. The van der Waals surface area contributed by atoms with E-state index in [4.69, 9.17) is 23.8 Å². The second-order valence-electron chi connectivity index (χ2n) is 5.61. The third kappa shape index (κ3) is 3.31. The van der Waals surface area contributed by atoms with Crippen LogP contribution in [-0.4, -0.2) is 10.1 Å². The summed E-state index contributed by atoms with van der Waals surface area (Å²) in [7, 11) is 0. The average molecular weight is 451 g/mol. The first-order valence-corrected chi connectivity index (χ1v) is 10.0. The average Bonchev–Trinajstić information content (AvgIpc) is 3.20. The Balaban J connectivity index is 1.81. The molecule has 2 aromatic heterocycles. The van der Waals surface area contributed by atoms with Gasteiger partial charge in [0.1, 0.15) is 0 Å². The first kappa shape index (κ1) is 17.0. The van der Waals surface area contributed by atoms with Crippen LogP contribution < -0.4 is 10.2 Å². The molecule has 3 heterocycles. The summed E-state index contributed by atoms with van der Waals surface area (Å²) in [5, 5.41) is 4.13. The van der Waals surface area contributed by atoms with Crippen LogP contribution in [-0.2, 0) is 0 Å². The summed E-state index contributed by atoms with van der Waals surface area (Å²) in [6.07, 6.45) is 1.81. The molecule has 0 unspecified atom stereocenters. The van der Waals surface area contributed by atoms with E-state index in [2.05, 4.69) is 49.3 Å². The molecular weight excluding hydrogens is 438 g/mol. The minimum absolute atomic E-state index is 0.000996. The lowest BCUT2D eigenvalue weighted by Crippen LogP contribution is -2.28. The molecule has 25 heavy (non-hydrogen) atoms. The van der Waals surface area contributed by atoms with Crippen molar-refractivity contribution in [1.29, 1.82) is 0 Å². The maximum atomic E-state index is 6.21. The van der Waals surface area contributed by atoms with E-state index in [1.54, 1.807) is 17.5 Å². The molecule has 7 heteroatoms. The molecular formula is C18H13BrClN3S2. The number of nitrogens with one attached hydrogen (secondary N) is 1. The fourth-order valence-electron chi connectivity index (χ4n) is 3.01. The van der Waals surface area contributed by atoms with Crippen LogP contribution in [0.5, 0.6) is 0 Å². The highest BCUT2D eigenvalue weighted by Crippen LogP contribution is 2.44. The number of halogens is 2. The third-order valence-corrected chi connectivity index (χ3v) is 6.23. The molecule has 3 aromatic rings. The fourth-order valence-corrected chi connectivity index (χ4v) is 4.81. The van der Waals surface area contributed by atoms with Crippen molar-refractivity contribution >= 4 is 61.9 Å². The molecule has 4 rings (SSSR count). The molecule has 0 bridgehead atoms. The van der Waals surface area contributed by atoms with Crippen LogP contribution in [0.4, 0.5) is 5.69 Å². The van der Waals surface area contributed by atoms with Gasteiger partial charge in [-0.05, 0) is 60.7 Å². The van der Waals surface area contributed by atoms with Crippen LogP contribution in [0.3, 0.4) is 0 Å². The van der Waals surface area contributed by atoms with Crippen LogP contribution in [0.15, 0.2) is 65.3 Å². The van der Waals surface area contributed by atoms with Crippen molar-refractivity contribution in [2.75, 3.05) is 4.90 Å². The molecule has 126 valence electrons. The van der Waals surface area contributed by atoms with Gasteiger partial charge < -0.3 is 10.2 Å². The number of pyridine rings is 1. The van der Waals surface area contributed by atoms with Gasteiger partial charge in [0.2, 0.25) is 0 Å². The van der Waals surface area contributed by atoms with Gasteiger partial charge in [0.05, 0.1) is 22.1 Å². The Morgan fingerprint density at radius 3 is 2.56 bits per heavy atom. The molecule has 0 saturated carbocycles. The molecule has 1 N–H and O–H groups in total. The maximum absolute atomic E-state index is 6.21. The smallest absolute Gasteiger partial charge is 0.174 e. The topological polar surface area (TPSA) is 28.2 Å². The summed E-state index contributed by atoms with van der Waals surface area (Å²) < 4.78 is 1.80. The number of hydrogen-bond acceptors (Lipinski definition) is 3. The number of rotatable bonds is 3. The summed E-state index contributed by atoms with van der Waals surface area (Å²) in [6.45, 7) is 0. The highest BCUT2D eigenvalue weighted by molar-refractivity contribution is 9.10. The van der Waals surface area contributed by atoms with E-state index in [0.717, 1.165) is 25.1 Å². The van der Waals surface area contributed by atoms with E-state index in [0.29, 0.717) is 5.11 Å². The second kappa shape index (κ2) is 7.03. The minimum atomic E-state index is -0.0351. The van der Waals surface area contributed by atoms with Crippen LogP contribution >= 0.6 is 51.1 Å². The number of aromatic nitrogens is 1. The van der Waals surface area contributed by atoms with E-state index >= 15 is 0 Å². The number of anilines is 1. The van der Waals surface area contributed by atoms with Crippen LogP contribution in [0.25, 0.3) is 0 Å². The van der Waals surface area contributed by atoms with Gasteiger partial charge >= 0.3 is 0 Å². The molecule has 1 fully saturated rings. The molecule has 3 nitrogen and oxygen atoms in total. The molecule has 1 saturated heterocycles. The SMILES string of the molecule is S=C1N[C@H](c2ccccn2)[C@H](c2ccc(Cl)s2)N1c1ccc(Br)cc1. The Kier molecular flexibility index (Phi) is 4.78. The van der Waals surface area contributed by atoms with Crippen molar-refractivity contribution in [2.45, 2.75) is 12.1 Å². The van der Waals surface area contributed by atoms with Gasteiger partial charge in [-0.3, -0.25) is 4.98 Å². The molecule has 0 spiro atoms. The summed E-state index contributed by atoms with van der Waals surface area (Å²) in [5.74, 6) is 0. The van der Waals surface area contributed by atoms with Crippen LogP contribution in [0.2, 0.25) is 4.34 Å². The quantitative estimate of drug-likeness (QED) is 0.515. The lowest BCUT2D eigenvalue weighted by Gasteiger charge is -2.26. The van der Waals surface area contributed by atoms with E-state index in [-0.39, 0.29) is 12.1 Å². The van der Waals surface area contributed by atoms with Crippen molar-refractivity contribution in [2.24, 2.45) is 0 Å². The van der Waals surface area contributed by atoms with E-state index in [1.165, 1.54) is 0 Å². The van der Waals surface area contributed by atoms with E-state index in [9.17, 15) is 0 Å². The number of thiocarbonyl (C=S) groups is 1. The lowest BCUT2D eigenvalue weighted by atomic mass is 10.0. The van der Waals surface area contributed by atoms with Crippen LogP contribution in [0, 0.1) is 0 Å². The Bertz CT molecular complexity index is 898. The minimum Gasteiger partial charge on any atom is -0.351 e. The van der Waals surface area contributed by atoms with Crippen molar-refractivity contribution in [1.82, 2.24) is 10.3 Å². The van der Waals surface area contributed by atoms with Gasteiger partial charge in [-0.25, -0.2) is 0 Å². The molecule has 0 radical (unpaired) electrons. The molecule has 1 aromatic carbocycles. The first-order valence-electron chi connectivity index (χ1n) is 7.65. The summed E-state index contributed by atoms with van der Waals surface area (Å²) in [5.41, 5.74) is 1.99. The molecule has 0 aliphatic carbocycles. The van der Waals surface area contributed by atoms with Gasteiger partial charge in [0, 0.05) is 21.2 Å². The van der Waals surface area contributed by atoms with E-state index in [1.807, 2.05) is 36.4 Å². The van der Waals surface area contributed by atoms with Crippen molar-refractivity contribution in [3.8, 4) is 0 Å². The monoisotopic (exact) mass is 449 g/mol. The number of nitrogens with zero attached hydrogens (tertiary/aromatic N) is 2. The summed E-state index contributed by atoms with van der Waals surface area (Å²) in [6, 6.07) is 18.0. The lowest BCUT2D eigenvalue weighted by molar-refractivity contribution is 0.575. The Labute approximate surface area is 168 Å². The number of benzene rings is 1. The zero-order chi connectivity index (χ0) is 17.4. The van der Waals surface area contributed by atoms with Gasteiger partial charge in [0.25, 0.3) is 0 Å². The van der Waals surface area contributed by atoms with Crippen molar-refractivity contribution in [3.63, 3.8) is 0 Å². The first-order chi connectivity index (χ1) is 12.1. The van der Waals surface area contributed by atoms with Crippen molar-refractivity contribution in [3.05, 3.63) is 80.2 Å². The predicted molar refractivity (Wildman–Crippen MR) is 111 cm³/mol. The second-order valence-corrected chi connectivity index (χ2v) is 8.66. The molecule has 2 atom stereocenters. The standard InChI is InChI=1S/C18H13BrClN3S2/c19-11-4-6-12(7-5-11)23-17(14-8-9-15(20)25-14)16(22-18(23)24)13-3-1-2-10-21-13/h1-10,16-17H,(H,22,24)/t16-,17+/m1/s1. The van der Waals surface area contributed by atoms with Gasteiger partial charge in [-0.2, -0.15) is 0 Å². The molecule has 0 amide bonds. The molecule has 1 aliphatic heterocycles. The van der Waals surface area contributed by atoms with Gasteiger partial charge in [0.15, 0.2) is 5.11 Å². The summed E-state index contributed by atoms with van der Waals surface area (Å²) in [4.78, 5) is 7.83. The van der Waals surface area contributed by atoms with Gasteiger partial charge in [-0.15, -0.1) is 11.3 Å². The predicted octanol–water partition coefficient (Wildman–Crippen LogP) is 5.74. The van der Waals surface area contributed by atoms with Crippen molar-refractivity contribution < 1.29 is 0 Å².